The van der Waals surface area contributed by atoms with Gasteiger partial charge in [0, 0.05) is 11.8 Å². The van der Waals surface area contributed by atoms with Crippen LogP contribution < -0.4 is 0 Å². The summed E-state index contributed by atoms with van der Waals surface area (Å²) in [4.78, 5) is 12.1. The Bertz CT molecular complexity index is 394. The fourth-order valence-electron chi connectivity index (χ4n) is 3.51. The number of hydrogen-bond acceptors (Lipinski definition) is 2. The first kappa shape index (κ1) is 12.6. The first-order chi connectivity index (χ1) is 7.86. The second-order valence-electron chi connectivity index (χ2n) is 5.96. The molecule has 1 saturated carbocycles. The molecule has 94 valence electrons. The summed E-state index contributed by atoms with van der Waals surface area (Å²) in [6.45, 7) is 9.93. The highest BCUT2D eigenvalue weighted by Crippen LogP contribution is 2.49. The van der Waals surface area contributed by atoms with Crippen LogP contribution in [-0.4, -0.2) is 16.5 Å². The average Bonchev–Trinajstić information content (AvgIpc) is 2.21. The van der Waals surface area contributed by atoms with Gasteiger partial charge < -0.3 is 5.11 Å². The predicted octanol–water partition coefficient (Wildman–Crippen LogP) is 2.88. The molecule has 0 bridgehead atoms. The summed E-state index contributed by atoms with van der Waals surface area (Å²) < 4.78 is 0. The monoisotopic (exact) mass is 234 g/mol. The first-order valence-electron chi connectivity index (χ1n) is 6.46. The molecule has 4 atom stereocenters. The fraction of sp³-hybridized carbons (Fsp3) is 0.667. The van der Waals surface area contributed by atoms with Gasteiger partial charge in [-0.15, -0.1) is 0 Å². The molecule has 2 aliphatic carbocycles. The SMILES string of the molecule is C=C(C)[C@@H]1C(=O)C=C(C)[C@]2(O)CC[C@H](C)C[C@@H]12. The zero-order valence-electron chi connectivity index (χ0n) is 11.0. The van der Waals surface area contributed by atoms with E-state index in [1.807, 2.05) is 13.8 Å². The Balaban J connectivity index is 2.45. The van der Waals surface area contributed by atoms with Gasteiger partial charge in [-0.3, -0.25) is 4.79 Å². The van der Waals surface area contributed by atoms with Crippen LogP contribution in [0.25, 0.3) is 0 Å². The van der Waals surface area contributed by atoms with Gasteiger partial charge in [-0.1, -0.05) is 19.1 Å². The highest BCUT2D eigenvalue weighted by atomic mass is 16.3. The van der Waals surface area contributed by atoms with Crippen molar-refractivity contribution in [2.45, 2.75) is 45.6 Å². The lowest BCUT2D eigenvalue weighted by atomic mass is 9.59. The molecule has 2 heteroatoms. The smallest absolute Gasteiger partial charge is 0.163 e. The van der Waals surface area contributed by atoms with Crippen molar-refractivity contribution in [1.29, 1.82) is 0 Å². The molecule has 17 heavy (non-hydrogen) atoms. The molecule has 0 aliphatic heterocycles. The number of rotatable bonds is 1. The number of ketones is 1. The van der Waals surface area contributed by atoms with Crippen molar-refractivity contribution in [3.63, 3.8) is 0 Å². The summed E-state index contributed by atoms with van der Waals surface area (Å²) in [7, 11) is 0. The maximum Gasteiger partial charge on any atom is 0.163 e. The minimum Gasteiger partial charge on any atom is -0.385 e. The summed E-state index contributed by atoms with van der Waals surface area (Å²) in [6.07, 6.45) is 4.37. The van der Waals surface area contributed by atoms with Gasteiger partial charge in [0.2, 0.25) is 0 Å². The van der Waals surface area contributed by atoms with Crippen LogP contribution in [0.4, 0.5) is 0 Å². The Hall–Kier alpha value is -0.890. The molecular weight excluding hydrogens is 212 g/mol. The molecule has 0 aromatic heterocycles. The third-order valence-corrected chi connectivity index (χ3v) is 4.57. The van der Waals surface area contributed by atoms with E-state index in [-0.39, 0.29) is 17.6 Å². The quantitative estimate of drug-likeness (QED) is 0.708. The van der Waals surface area contributed by atoms with Crippen LogP contribution >= 0.6 is 0 Å². The molecule has 0 spiro atoms. The first-order valence-corrected chi connectivity index (χ1v) is 6.46. The number of carbonyl (C=O) groups is 1. The number of carbonyl (C=O) groups excluding carboxylic acids is 1. The van der Waals surface area contributed by atoms with Crippen molar-refractivity contribution in [2.24, 2.45) is 17.8 Å². The van der Waals surface area contributed by atoms with E-state index >= 15 is 0 Å². The van der Waals surface area contributed by atoms with E-state index in [4.69, 9.17) is 0 Å². The van der Waals surface area contributed by atoms with Gasteiger partial charge in [-0.2, -0.15) is 0 Å². The Morgan fingerprint density at radius 3 is 2.82 bits per heavy atom. The molecule has 0 heterocycles. The number of hydrogen-bond donors (Lipinski definition) is 1. The van der Waals surface area contributed by atoms with Crippen LogP contribution in [0, 0.1) is 17.8 Å². The van der Waals surface area contributed by atoms with Crippen LogP contribution in [0.5, 0.6) is 0 Å². The van der Waals surface area contributed by atoms with Gasteiger partial charge in [0.25, 0.3) is 0 Å². The summed E-state index contributed by atoms with van der Waals surface area (Å²) in [6, 6.07) is 0. The molecule has 0 saturated heterocycles. The van der Waals surface area contributed by atoms with Crippen LogP contribution in [0.2, 0.25) is 0 Å². The Kier molecular flexibility index (Phi) is 3.03. The zero-order valence-corrected chi connectivity index (χ0v) is 11.0. The van der Waals surface area contributed by atoms with E-state index < -0.39 is 5.60 Å². The summed E-state index contributed by atoms with van der Waals surface area (Å²) >= 11 is 0. The van der Waals surface area contributed by atoms with E-state index in [9.17, 15) is 9.90 Å². The molecule has 0 aromatic rings. The van der Waals surface area contributed by atoms with Crippen LogP contribution in [-0.2, 0) is 4.79 Å². The Morgan fingerprint density at radius 2 is 2.24 bits per heavy atom. The largest absolute Gasteiger partial charge is 0.385 e. The van der Waals surface area contributed by atoms with Gasteiger partial charge in [-0.25, -0.2) is 0 Å². The number of allylic oxidation sites excluding steroid dienone is 2. The summed E-state index contributed by atoms with van der Waals surface area (Å²) in [5, 5.41) is 10.9. The van der Waals surface area contributed by atoms with Crippen molar-refractivity contribution >= 4 is 5.78 Å². The lowest BCUT2D eigenvalue weighted by molar-refractivity contribution is -0.127. The van der Waals surface area contributed by atoms with E-state index in [1.165, 1.54) is 0 Å². The average molecular weight is 234 g/mol. The van der Waals surface area contributed by atoms with Crippen LogP contribution in [0.15, 0.2) is 23.8 Å². The van der Waals surface area contributed by atoms with Gasteiger partial charge in [-0.05, 0) is 50.7 Å². The molecule has 0 aromatic carbocycles. The molecule has 2 rings (SSSR count). The van der Waals surface area contributed by atoms with Crippen molar-refractivity contribution in [3.8, 4) is 0 Å². The Labute approximate surface area is 103 Å². The van der Waals surface area contributed by atoms with E-state index in [2.05, 4.69) is 13.5 Å². The third kappa shape index (κ3) is 1.89. The second-order valence-corrected chi connectivity index (χ2v) is 5.96. The lowest BCUT2D eigenvalue weighted by Gasteiger charge is -2.48. The molecule has 0 unspecified atom stereocenters. The van der Waals surface area contributed by atoms with Gasteiger partial charge in [0.15, 0.2) is 5.78 Å². The highest BCUT2D eigenvalue weighted by molar-refractivity contribution is 5.96. The molecule has 0 radical (unpaired) electrons. The van der Waals surface area contributed by atoms with E-state index in [0.29, 0.717) is 5.92 Å². The maximum absolute atomic E-state index is 12.1. The standard InChI is InChI=1S/C15H22O2/c1-9(2)14-12-7-10(3)5-6-15(12,17)11(4)8-13(14)16/h8,10,12,14,17H,1,5-7H2,2-4H3/t10-,12-,14-,15+/m0/s1. The van der Waals surface area contributed by atoms with Gasteiger partial charge >= 0.3 is 0 Å². The molecule has 1 N–H and O–H groups in total. The van der Waals surface area contributed by atoms with Crippen molar-refractivity contribution in [2.75, 3.05) is 0 Å². The summed E-state index contributed by atoms with van der Waals surface area (Å²) in [5.74, 6) is 0.548. The van der Waals surface area contributed by atoms with Crippen molar-refractivity contribution in [1.82, 2.24) is 0 Å². The third-order valence-electron chi connectivity index (χ3n) is 4.57. The minimum atomic E-state index is -0.774. The van der Waals surface area contributed by atoms with E-state index in [0.717, 1.165) is 30.4 Å². The highest BCUT2D eigenvalue weighted by Gasteiger charge is 2.50. The number of aliphatic hydroxyl groups is 1. The molecule has 2 nitrogen and oxygen atoms in total. The molecular formula is C15H22O2. The van der Waals surface area contributed by atoms with Crippen LogP contribution in [0.3, 0.4) is 0 Å². The topological polar surface area (TPSA) is 37.3 Å². The normalized spacial score (nSPS) is 41.8. The van der Waals surface area contributed by atoms with Gasteiger partial charge in [0.05, 0.1) is 5.60 Å². The predicted molar refractivity (Wildman–Crippen MR) is 68.5 cm³/mol. The molecule has 2 aliphatic rings. The fourth-order valence-corrected chi connectivity index (χ4v) is 3.51. The zero-order chi connectivity index (χ0) is 12.8. The Morgan fingerprint density at radius 1 is 1.59 bits per heavy atom. The summed E-state index contributed by atoms with van der Waals surface area (Å²) in [5.41, 5.74) is 0.956. The lowest BCUT2D eigenvalue weighted by Crippen LogP contribution is -2.51. The van der Waals surface area contributed by atoms with Crippen molar-refractivity contribution < 1.29 is 9.90 Å². The van der Waals surface area contributed by atoms with E-state index in [1.54, 1.807) is 6.08 Å². The van der Waals surface area contributed by atoms with Crippen molar-refractivity contribution in [3.05, 3.63) is 23.8 Å². The number of fused-ring (bicyclic) bond motifs is 1. The maximum atomic E-state index is 12.1. The van der Waals surface area contributed by atoms with Gasteiger partial charge in [0.1, 0.15) is 0 Å². The van der Waals surface area contributed by atoms with Crippen LogP contribution in [0.1, 0.15) is 40.0 Å². The molecule has 1 fully saturated rings. The second kappa shape index (κ2) is 4.09. The minimum absolute atomic E-state index is 0.0289. The molecule has 0 amide bonds.